The van der Waals surface area contributed by atoms with Gasteiger partial charge in [-0.3, -0.25) is 9.78 Å². The molecule has 0 fully saturated rings. The molecule has 1 unspecified atom stereocenters. The van der Waals surface area contributed by atoms with Crippen LogP contribution < -0.4 is 0 Å². The minimum atomic E-state index is 0.103. The lowest BCUT2D eigenvalue weighted by Crippen LogP contribution is -2.16. The molecule has 1 atom stereocenters. The first-order valence-electron chi connectivity index (χ1n) is 5.51. The molecule has 0 spiro atoms. The minimum Gasteiger partial charge on any atom is -0.292 e. The van der Waals surface area contributed by atoms with Crippen molar-refractivity contribution in [1.82, 2.24) is 9.97 Å². The molecule has 0 aromatic carbocycles. The van der Waals surface area contributed by atoms with Crippen molar-refractivity contribution in [2.75, 3.05) is 0 Å². The Bertz CT molecular complexity index is 336. The second-order valence-electron chi connectivity index (χ2n) is 3.80. The number of Topliss-reactive ketones (excluding diaryl/α,β-unsaturated/α-hetero) is 1. The zero-order chi connectivity index (χ0) is 11.3. The molecule has 15 heavy (non-hydrogen) atoms. The molecule has 1 aromatic heterocycles. The highest BCUT2D eigenvalue weighted by molar-refractivity contribution is 5.95. The Balaban J connectivity index is 2.82. The number of aryl methyl sites for hydroxylation is 1. The molecular formula is C12H18N2O. The summed E-state index contributed by atoms with van der Waals surface area (Å²) in [6.45, 7) is 5.99. The Morgan fingerprint density at radius 3 is 2.67 bits per heavy atom. The molecule has 82 valence electrons. The van der Waals surface area contributed by atoms with Gasteiger partial charge >= 0.3 is 0 Å². The van der Waals surface area contributed by atoms with Gasteiger partial charge in [0.1, 0.15) is 5.69 Å². The lowest BCUT2D eigenvalue weighted by molar-refractivity contribution is 0.0903. The number of ketones is 1. The van der Waals surface area contributed by atoms with E-state index in [4.69, 9.17) is 0 Å². The maximum atomic E-state index is 12.0. The first-order valence-corrected chi connectivity index (χ1v) is 5.51. The zero-order valence-corrected chi connectivity index (χ0v) is 9.66. The fraction of sp³-hybridized carbons (Fsp3) is 0.583. The first kappa shape index (κ1) is 11.8. The van der Waals surface area contributed by atoms with Crippen LogP contribution in [0.25, 0.3) is 0 Å². The Morgan fingerprint density at radius 1 is 1.40 bits per heavy atom. The van der Waals surface area contributed by atoms with Crippen LogP contribution in [0.1, 0.15) is 49.3 Å². The van der Waals surface area contributed by atoms with Gasteiger partial charge in [0, 0.05) is 12.1 Å². The third kappa shape index (κ3) is 3.11. The van der Waals surface area contributed by atoms with Crippen LogP contribution in [0.15, 0.2) is 12.4 Å². The molecule has 3 nitrogen and oxygen atoms in total. The molecule has 0 saturated heterocycles. The van der Waals surface area contributed by atoms with Crippen molar-refractivity contribution in [2.24, 2.45) is 5.92 Å². The number of hydrogen-bond acceptors (Lipinski definition) is 3. The van der Waals surface area contributed by atoms with Crippen LogP contribution in [0.2, 0.25) is 0 Å². The number of hydrogen-bond donors (Lipinski definition) is 0. The van der Waals surface area contributed by atoms with E-state index in [2.05, 4.69) is 16.9 Å². The number of carbonyl (C=O) groups is 1. The summed E-state index contributed by atoms with van der Waals surface area (Å²) in [5.74, 6) is 0.238. The molecule has 0 aliphatic carbocycles. The van der Waals surface area contributed by atoms with Gasteiger partial charge in [0.25, 0.3) is 0 Å². The summed E-state index contributed by atoms with van der Waals surface area (Å²) in [7, 11) is 0. The van der Waals surface area contributed by atoms with Crippen molar-refractivity contribution >= 4 is 5.78 Å². The molecule has 0 aliphatic rings. The van der Waals surface area contributed by atoms with Gasteiger partial charge in [-0.2, -0.15) is 0 Å². The van der Waals surface area contributed by atoms with Crippen LogP contribution in [0.5, 0.6) is 0 Å². The lowest BCUT2D eigenvalue weighted by atomic mass is 9.94. The Hall–Kier alpha value is -1.25. The Labute approximate surface area is 91.0 Å². The SMILES string of the molecule is CCCC(CC)C(=O)c1cncc(C)n1. The van der Waals surface area contributed by atoms with Gasteiger partial charge < -0.3 is 0 Å². The average Bonchev–Trinajstić information content (AvgIpc) is 2.25. The number of carbonyl (C=O) groups excluding carboxylic acids is 1. The van der Waals surface area contributed by atoms with Crippen molar-refractivity contribution in [1.29, 1.82) is 0 Å². The Morgan fingerprint density at radius 2 is 2.13 bits per heavy atom. The number of rotatable bonds is 5. The summed E-state index contributed by atoms with van der Waals surface area (Å²) in [4.78, 5) is 20.2. The third-order valence-corrected chi connectivity index (χ3v) is 2.51. The smallest absolute Gasteiger partial charge is 0.185 e. The molecule has 0 amide bonds. The van der Waals surface area contributed by atoms with E-state index >= 15 is 0 Å². The first-order chi connectivity index (χ1) is 7.19. The van der Waals surface area contributed by atoms with Crippen molar-refractivity contribution in [2.45, 2.75) is 40.0 Å². The highest BCUT2D eigenvalue weighted by atomic mass is 16.1. The lowest BCUT2D eigenvalue weighted by Gasteiger charge is -2.11. The molecule has 0 N–H and O–H groups in total. The number of nitrogens with zero attached hydrogens (tertiary/aromatic N) is 2. The van der Waals surface area contributed by atoms with E-state index in [-0.39, 0.29) is 11.7 Å². The molecule has 0 bridgehead atoms. The highest BCUT2D eigenvalue weighted by Gasteiger charge is 2.18. The third-order valence-electron chi connectivity index (χ3n) is 2.51. The van der Waals surface area contributed by atoms with Gasteiger partial charge in [-0.15, -0.1) is 0 Å². The normalized spacial score (nSPS) is 12.5. The van der Waals surface area contributed by atoms with E-state index in [9.17, 15) is 4.79 Å². The standard InChI is InChI=1S/C12H18N2O/c1-4-6-10(5-2)12(15)11-8-13-7-9(3)14-11/h7-8,10H,4-6H2,1-3H3. The molecule has 1 aromatic rings. The maximum Gasteiger partial charge on any atom is 0.185 e. The molecule has 1 rings (SSSR count). The van der Waals surface area contributed by atoms with Gasteiger partial charge in [-0.25, -0.2) is 4.98 Å². The van der Waals surface area contributed by atoms with E-state index in [1.807, 2.05) is 13.8 Å². The molecule has 0 radical (unpaired) electrons. The van der Waals surface area contributed by atoms with Gasteiger partial charge in [0.05, 0.1) is 11.9 Å². The fourth-order valence-electron chi connectivity index (χ4n) is 1.66. The van der Waals surface area contributed by atoms with E-state index in [1.165, 1.54) is 0 Å². The van der Waals surface area contributed by atoms with E-state index in [1.54, 1.807) is 12.4 Å². The summed E-state index contributed by atoms with van der Waals surface area (Å²) in [5.41, 5.74) is 1.31. The quantitative estimate of drug-likeness (QED) is 0.696. The Kier molecular flexibility index (Phi) is 4.40. The summed E-state index contributed by atoms with van der Waals surface area (Å²) < 4.78 is 0. The van der Waals surface area contributed by atoms with Crippen LogP contribution in [0.4, 0.5) is 0 Å². The van der Waals surface area contributed by atoms with Crippen LogP contribution in [-0.4, -0.2) is 15.8 Å². The number of aromatic nitrogens is 2. The average molecular weight is 206 g/mol. The zero-order valence-electron chi connectivity index (χ0n) is 9.66. The maximum absolute atomic E-state index is 12.0. The second-order valence-corrected chi connectivity index (χ2v) is 3.80. The second kappa shape index (κ2) is 5.59. The predicted molar refractivity (Wildman–Crippen MR) is 59.8 cm³/mol. The van der Waals surface area contributed by atoms with E-state index in [0.29, 0.717) is 5.69 Å². The van der Waals surface area contributed by atoms with Crippen molar-refractivity contribution < 1.29 is 4.79 Å². The monoisotopic (exact) mass is 206 g/mol. The molecule has 0 saturated carbocycles. The van der Waals surface area contributed by atoms with Gasteiger partial charge in [0.2, 0.25) is 0 Å². The summed E-state index contributed by atoms with van der Waals surface area (Å²) in [6, 6.07) is 0. The highest BCUT2D eigenvalue weighted by Crippen LogP contribution is 2.16. The molecule has 3 heteroatoms. The van der Waals surface area contributed by atoms with Crippen LogP contribution in [0, 0.1) is 12.8 Å². The summed E-state index contributed by atoms with van der Waals surface area (Å²) >= 11 is 0. The van der Waals surface area contributed by atoms with Crippen molar-refractivity contribution in [3.05, 3.63) is 23.8 Å². The van der Waals surface area contributed by atoms with Gasteiger partial charge in [-0.1, -0.05) is 20.3 Å². The summed E-state index contributed by atoms with van der Waals surface area (Å²) in [5, 5.41) is 0. The van der Waals surface area contributed by atoms with Crippen LogP contribution >= 0.6 is 0 Å². The molecule has 0 aliphatic heterocycles. The van der Waals surface area contributed by atoms with Crippen LogP contribution in [-0.2, 0) is 0 Å². The molecular weight excluding hydrogens is 188 g/mol. The van der Waals surface area contributed by atoms with Crippen LogP contribution in [0.3, 0.4) is 0 Å². The topological polar surface area (TPSA) is 42.9 Å². The van der Waals surface area contributed by atoms with E-state index < -0.39 is 0 Å². The van der Waals surface area contributed by atoms with Gasteiger partial charge in [0.15, 0.2) is 5.78 Å². The van der Waals surface area contributed by atoms with Gasteiger partial charge in [-0.05, 0) is 19.8 Å². The van der Waals surface area contributed by atoms with Crippen molar-refractivity contribution in [3.8, 4) is 0 Å². The minimum absolute atomic E-state index is 0.103. The summed E-state index contributed by atoms with van der Waals surface area (Å²) in [6.07, 6.45) is 6.07. The largest absolute Gasteiger partial charge is 0.292 e. The van der Waals surface area contributed by atoms with E-state index in [0.717, 1.165) is 25.0 Å². The predicted octanol–water partition coefficient (Wildman–Crippen LogP) is 2.79. The molecule has 1 heterocycles. The fourth-order valence-corrected chi connectivity index (χ4v) is 1.66. The van der Waals surface area contributed by atoms with Crippen molar-refractivity contribution in [3.63, 3.8) is 0 Å².